The van der Waals surface area contributed by atoms with Gasteiger partial charge in [-0.3, -0.25) is 4.79 Å². The fourth-order valence-corrected chi connectivity index (χ4v) is 3.20. The Kier molecular flexibility index (Phi) is 6.09. The molecule has 1 aromatic carbocycles. The first-order valence-electron chi connectivity index (χ1n) is 9.27. The number of carbonyl (C=O) groups excluding carboxylic acids is 2. The molecule has 0 aromatic heterocycles. The first-order chi connectivity index (χ1) is 12.2. The number of hydrogen-bond acceptors (Lipinski definition) is 2. The van der Waals surface area contributed by atoms with Crippen molar-refractivity contribution >= 4 is 17.6 Å². The van der Waals surface area contributed by atoms with Crippen molar-refractivity contribution in [3.8, 4) is 0 Å². The molecule has 1 atom stereocenters. The van der Waals surface area contributed by atoms with Crippen LogP contribution < -0.4 is 16.0 Å². The normalized spacial score (nSPS) is 19.8. The van der Waals surface area contributed by atoms with Gasteiger partial charge in [0.15, 0.2) is 0 Å². The summed E-state index contributed by atoms with van der Waals surface area (Å²) in [4.78, 5) is 24.0. The first-order valence-corrected chi connectivity index (χ1v) is 9.27. The molecular weight excluding hydrogens is 314 g/mol. The highest BCUT2D eigenvalue weighted by Crippen LogP contribution is 2.27. The number of urea groups is 1. The number of nitrogens with one attached hydrogen (secondary N) is 3. The van der Waals surface area contributed by atoms with E-state index >= 15 is 0 Å². The van der Waals surface area contributed by atoms with E-state index in [9.17, 15) is 9.59 Å². The van der Waals surface area contributed by atoms with Crippen molar-refractivity contribution in [2.45, 2.75) is 45.1 Å². The van der Waals surface area contributed by atoms with Crippen LogP contribution in [0.2, 0.25) is 0 Å². The zero-order valence-electron chi connectivity index (χ0n) is 14.6. The van der Waals surface area contributed by atoms with Crippen molar-refractivity contribution < 1.29 is 9.59 Å². The quantitative estimate of drug-likeness (QED) is 0.692. The Hall–Kier alpha value is -2.30. The van der Waals surface area contributed by atoms with Gasteiger partial charge in [0.2, 0.25) is 5.91 Å². The molecule has 3 N–H and O–H groups in total. The van der Waals surface area contributed by atoms with Crippen LogP contribution in [0.4, 0.5) is 10.5 Å². The summed E-state index contributed by atoms with van der Waals surface area (Å²) in [6, 6.07) is 7.52. The number of carbonyl (C=O) groups is 2. The second-order valence-electron chi connectivity index (χ2n) is 7.03. The second kappa shape index (κ2) is 8.70. The van der Waals surface area contributed by atoms with Crippen LogP contribution in [0.15, 0.2) is 36.4 Å². The Labute approximate surface area is 149 Å². The minimum atomic E-state index is -0.140. The van der Waals surface area contributed by atoms with Crippen LogP contribution in [0.3, 0.4) is 0 Å². The molecule has 2 aliphatic carbocycles. The molecule has 1 aromatic rings. The molecule has 1 fully saturated rings. The maximum atomic E-state index is 12.0. The third kappa shape index (κ3) is 5.34. The molecule has 0 saturated heterocycles. The monoisotopic (exact) mass is 341 g/mol. The molecule has 0 bridgehead atoms. The van der Waals surface area contributed by atoms with E-state index in [-0.39, 0.29) is 17.9 Å². The Morgan fingerprint density at radius 3 is 2.68 bits per heavy atom. The molecule has 5 nitrogen and oxygen atoms in total. The second-order valence-corrected chi connectivity index (χ2v) is 7.03. The highest BCUT2D eigenvalue weighted by molar-refractivity contribution is 5.93. The van der Waals surface area contributed by atoms with Gasteiger partial charge in [-0.05, 0) is 55.7 Å². The van der Waals surface area contributed by atoms with Crippen LogP contribution in [0, 0.1) is 11.8 Å². The number of anilines is 1. The summed E-state index contributed by atoms with van der Waals surface area (Å²) in [6.07, 6.45) is 10.8. The summed E-state index contributed by atoms with van der Waals surface area (Å²) in [5.74, 6) is 0.818. The molecule has 1 unspecified atom stereocenters. The highest BCUT2D eigenvalue weighted by Gasteiger charge is 2.25. The topological polar surface area (TPSA) is 70.2 Å². The minimum absolute atomic E-state index is 0.107. The van der Waals surface area contributed by atoms with Crippen LogP contribution in [0.5, 0.6) is 0 Å². The molecule has 134 valence electrons. The summed E-state index contributed by atoms with van der Waals surface area (Å²) in [5, 5.41) is 8.80. The molecular formula is C20H27N3O2. The average Bonchev–Trinajstić information content (AvgIpc) is 2.58. The Balaban J connectivity index is 1.41. The van der Waals surface area contributed by atoms with Crippen molar-refractivity contribution in [2.75, 3.05) is 11.9 Å². The maximum absolute atomic E-state index is 12.0. The van der Waals surface area contributed by atoms with Gasteiger partial charge in [0, 0.05) is 24.7 Å². The predicted molar refractivity (Wildman–Crippen MR) is 99.1 cm³/mol. The van der Waals surface area contributed by atoms with E-state index in [1.165, 1.54) is 0 Å². The summed E-state index contributed by atoms with van der Waals surface area (Å²) in [5.41, 5.74) is 1.77. The van der Waals surface area contributed by atoms with Gasteiger partial charge < -0.3 is 16.0 Å². The Morgan fingerprint density at radius 1 is 1.08 bits per heavy atom. The van der Waals surface area contributed by atoms with Crippen LogP contribution in [-0.2, 0) is 11.3 Å². The maximum Gasteiger partial charge on any atom is 0.315 e. The van der Waals surface area contributed by atoms with E-state index in [0.29, 0.717) is 19.0 Å². The smallest absolute Gasteiger partial charge is 0.315 e. The van der Waals surface area contributed by atoms with Gasteiger partial charge in [-0.2, -0.15) is 0 Å². The average molecular weight is 341 g/mol. The molecule has 5 heteroatoms. The summed E-state index contributed by atoms with van der Waals surface area (Å²) >= 11 is 0. The SMILES string of the molecule is O=C(NCc1cccc(NC(=O)C2CCC2)c1)NCC1CC=CCC1. The molecule has 0 aliphatic heterocycles. The first kappa shape index (κ1) is 17.5. The van der Waals surface area contributed by atoms with Gasteiger partial charge >= 0.3 is 6.03 Å². The minimum Gasteiger partial charge on any atom is -0.338 e. The number of hydrogen-bond donors (Lipinski definition) is 3. The van der Waals surface area contributed by atoms with E-state index < -0.39 is 0 Å². The lowest BCUT2D eigenvalue weighted by Gasteiger charge is -2.24. The van der Waals surface area contributed by atoms with Gasteiger partial charge in [0.05, 0.1) is 0 Å². The fraction of sp³-hybridized carbons (Fsp3) is 0.500. The van der Waals surface area contributed by atoms with Crippen molar-refractivity contribution in [3.05, 3.63) is 42.0 Å². The number of rotatable bonds is 6. The lowest BCUT2D eigenvalue weighted by Crippen LogP contribution is -2.38. The van der Waals surface area contributed by atoms with E-state index in [1.54, 1.807) is 0 Å². The number of amides is 3. The molecule has 25 heavy (non-hydrogen) atoms. The fourth-order valence-electron chi connectivity index (χ4n) is 3.20. The number of benzene rings is 1. The summed E-state index contributed by atoms with van der Waals surface area (Å²) < 4.78 is 0. The standard InChI is InChI=1S/C20H27N3O2/c24-19(17-9-5-10-17)23-18-11-4-8-16(12-18)14-22-20(25)21-13-15-6-2-1-3-7-15/h1-2,4,8,11-12,15,17H,3,5-7,9-10,13-14H2,(H,23,24)(H2,21,22,25). The molecule has 1 saturated carbocycles. The molecule has 2 aliphatic rings. The third-order valence-corrected chi connectivity index (χ3v) is 5.05. The lowest BCUT2D eigenvalue weighted by atomic mass is 9.85. The zero-order valence-corrected chi connectivity index (χ0v) is 14.6. The van der Waals surface area contributed by atoms with Gasteiger partial charge in [-0.25, -0.2) is 4.79 Å². The van der Waals surface area contributed by atoms with Gasteiger partial charge in [-0.1, -0.05) is 30.7 Å². The molecule has 0 spiro atoms. The van der Waals surface area contributed by atoms with Crippen molar-refractivity contribution in [2.24, 2.45) is 11.8 Å². The van der Waals surface area contributed by atoms with Crippen molar-refractivity contribution in [1.29, 1.82) is 0 Å². The summed E-state index contributed by atoms with van der Waals surface area (Å²) in [6.45, 7) is 1.16. The van der Waals surface area contributed by atoms with Gasteiger partial charge in [-0.15, -0.1) is 0 Å². The van der Waals surface area contributed by atoms with E-state index in [0.717, 1.165) is 49.8 Å². The summed E-state index contributed by atoms with van der Waals surface area (Å²) in [7, 11) is 0. The molecule has 3 rings (SSSR count). The van der Waals surface area contributed by atoms with Gasteiger partial charge in [0.1, 0.15) is 0 Å². The van der Waals surface area contributed by atoms with Crippen molar-refractivity contribution in [3.63, 3.8) is 0 Å². The van der Waals surface area contributed by atoms with Crippen LogP contribution in [0.1, 0.15) is 44.1 Å². The van der Waals surface area contributed by atoms with E-state index in [1.807, 2.05) is 24.3 Å². The molecule has 0 radical (unpaired) electrons. The van der Waals surface area contributed by atoms with Crippen LogP contribution >= 0.6 is 0 Å². The zero-order chi connectivity index (χ0) is 17.5. The Morgan fingerprint density at radius 2 is 1.96 bits per heavy atom. The van der Waals surface area contributed by atoms with E-state index in [4.69, 9.17) is 0 Å². The van der Waals surface area contributed by atoms with Crippen LogP contribution in [0.25, 0.3) is 0 Å². The van der Waals surface area contributed by atoms with Crippen molar-refractivity contribution in [1.82, 2.24) is 10.6 Å². The third-order valence-electron chi connectivity index (χ3n) is 5.05. The van der Waals surface area contributed by atoms with E-state index in [2.05, 4.69) is 28.1 Å². The van der Waals surface area contributed by atoms with Gasteiger partial charge in [0.25, 0.3) is 0 Å². The van der Waals surface area contributed by atoms with Crippen LogP contribution in [-0.4, -0.2) is 18.5 Å². The largest absolute Gasteiger partial charge is 0.338 e. The number of allylic oxidation sites excluding steroid dienone is 2. The highest BCUT2D eigenvalue weighted by atomic mass is 16.2. The molecule has 3 amide bonds. The molecule has 0 heterocycles. The Bertz CT molecular complexity index is 638. The lowest BCUT2D eigenvalue weighted by molar-refractivity contribution is -0.122. The predicted octanol–water partition coefficient (Wildman–Crippen LogP) is 3.58.